The zero-order chi connectivity index (χ0) is 15.4. The molecule has 0 radical (unpaired) electrons. The highest BCUT2D eigenvalue weighted by Gasteiger charge is 2.18. The van der Waals surface area contributed by atoms with Crippen LogP contribution in [0.5, 0.6) is 0 Å². The van der Waals surface area contributed by atoms with E-state index in [1.165, 1.54) is 22.3 Å². The Morgan fingerprint density at radius 2 is 1.09 bits per heavy atom. The van der Waals surface area contributed by atoms with Gasteiger partial charge in [0.05, 0.1) is 5.38 Å². The maximum atomic E-state index is 6.65. The minimum Gasteiger partial charge on any atom is -0.117 e. The lowest BCUT2D eigenvalue weighted by molar-refractivity contribution is 0.732. The van der Waals surface area contributed by atoms with Gasteiger partial charge in [-0.25, -0.2) is 0 Å². The molecule has 2 unspecified atom stereocenters. The van der Waals surface area contributed by atoms with E-state index in [0.717, 1.165) is 0 Å². The quantitative estimate of drug-likeness (QED) is 0.487. The van der Waals surface area contributed by atoms with E-state index < -0.39 is 0 Å². The van der Waals surface area contributed by atoms with Crippen LogP contribution in [0.1, 0.15) is 29.3 Å². The molecule has 0 bridgehead atoms. The van der Waals surface area contributed by atoms with Crippen molar-refractivity contribution in [3.8, 4) is 11.1 Å². The van der Waals surface area contributed by atoms with Gasteiger partial charge in [-0.15, -0.1) is 11.6 Å². The topological polar surface area (TPSA) is 0 Å². The fourth-order valence-electron chi connectivity index (χ4n) is 2.70. The highest BCUT2D eigenvalue weighted by Crippen LogP contribution is 2.36. The van der Waals surface area contributed by atoms with E-state index in [-0.39, 0.29) is 11.3 Å². The minimum atomic E-state index is -0.0104. The van der Waals surface area contributed by atoms with E-state index in [1.807, 2.05) is 24.3 Å². The van der Waals surface area contributed by atoms with Gasteiger partial charge < -0.3 is 0 Å². The lowest BCUT2D eigenvalue weighted by Crippen LogP contribution is -2.02. The van der Waals surface area contributed by atoms with Crippen LogP contribution in [-0.4, -0.2) is 0 Å². The second-order valence-electron chi connectivity index (χ2n) is 5.59. The molecule has 0 heterocycles. The van der Waals surface area contributed by atoms with Crippen LogP contribution in [0, 0.1) is 0 Å². The first-order valence-electron chi connectivity index (χ1n) is 7.60. The molecule has 0 nitrogen and oxygen atoms in total. The van der Waals surface area contributed by atoms with Crippen molar-refractivity contribution in [1.29, 1.82) is 0 Å². The molecule has 0 amide bonds. The van der Waals surface area contributed by atoms with Crippen molar-refractivity contribution in [2.45, 2.75) is 18.2 Å². The van der Waals surface area contributed by atoms with E-state index in [2.05, 4.69) is 67.6 Å². The van der Waals surface area contributed by atoms with Gasteiger partial charge in [0.25, 0.3) is 0 Å². The monoisotopic (exact) mass is 306 g/mol. The van der Waals surface area contributed by atoms with Crippen LogP contribution in [-0.2, 0) is 0 Å². The number of hydrogen-bond donors (Lipinski definition) is 0. The summed E-state index contributed by atoms with van der Waals surface area (Å²) in [5, 5.41) is -0.0104. The molecule has 0 aliphatic carbocycles. The molecule has 1 heteroatoms. The van der Waals surface area contributed by atoms with E-state index in [4.69, 9.17) is 11.6 Å². The van der Waals surface area contributed by atoms with Gasteiger partial charge in [0.2, 0.25) is 0 Å². The molecule has 0 aliphatic rings. The molecule has 22 heavy (non-hydrogen) atoms. The van der Waals surface area contributed by atoms with Gasteiger partial charge in [0, 0.05) is 5.92 Å². The van der Waals surface area contributed by atoms with Crippen molar-refractivity contribution in [2.75, 3.05) is 0 Å². The summed E-state index contributed by atoms with van der Waals surface area (Å²) in [6.07, 6.45) is 0. The van der Waals surface area contributed by atoms with Gasteiger partial charge in [0.1, 0.15) is 0 Å². The summed E-state index contributed by atoms with van der Waals surface area (Å²) in [6.45, 7) is 2.18. The van der Waals surface area contributed by atoms with Crippen molar-refractivity contribution in [1.82, 2.24) is 0 Å². The Morgan fingerprint density at radius 3 is 1.68 bits per heavy atom. The van der Waals surface area contributed by atoms with Crippen LogP contribution in [0.4, 0.5) is 0 Å². The van der Waals surface area contributed by atoms with Crippen LogP contribution in [0.3, 0.4) is 0 Å². The molecule has 2 atom stereocenters. The molecular formula is C21H19Cl. The number of halogens is 1. The lowest BCUT2D eigenvalue weighted by atomic mass is 9.92. The standard InChI is InChI=1S/C21H19Cl/c1-16(21(22)20-10-6-3-7-11-20)17-12-14-19(15-13-17)18-8-4-2-5-9-18/h2-16,21H,1H3. The van der Waals surface area contributed by atoms with Crippen molar-refractivity contribution >= 4 is 11.6 Å². The summed E-state index contributed by atoms with van der Waals surface area (Å²) in [5.74, 6) is 0.272. The second kappa shape index (κ2) is 6.81. The SMILES string of the molecule is CC(c1ccc(-c2ccccc2)cc1)C(Cl)c1ccccc1. The molecule has 0 aromatic heterocycles. The van der Waals surface area contributed by atoms with Crippen LogP contribution in [0.15, 0.2) is 84.9 Å². The first-order chi connectivity index (χ1) is 10.8. The average molecular weight is 307 g/mol. The predicted octanol–water partition coefficient (Wildman–Crippen LogP) is 6.44. The molecule has 3 rings (SSSR count). The highest BCUT2D eigenvalue weighted by molar-refractivity contribution is 6.21. The predicted molar refractivity (Wildman–Crippen MR) is 95.3 cm³/mol. The fraction of sp³-hybridized carbons (Fsp3) is 0.143. The third-order valence-corrected chi connectivity index (χ3v) is 4.73. The first-order valence-corrected chi connectivity index (χ1v) is 8.04. The summed E-state index contributed by atoms with van der Waals surface area (Å²) in [6, 6.07) is 29.4. The normalized spacial score (nSPS) is 13.5. The van der Waals surface area contributed by atoms with E-state index in [1.54, 1.807) is 0 Å². The van der Waals surface area contributed by atoms with Crippen molar-refractivity contribution in [3.05, 3.63) is 96.1 Å². The van der Waals surface area contributed by atoms with E-state index in [9.17, 15) is 0 Å². The molecule has 110 valence electrons. The van der Waals surface area contributed by atoms with Gasteiger partial charge in [-0.2, -0.15) is 0 Å². The van der Waals surface area contributed by atoms with Gasteiger partial charge >= 0.3 is 0 Å². The molecule has 0 saturated carbocycles. The number of rotatable bonds is 4. The molecule has 0 spiro atoms. The lowest BCUT2D eigenvalue weighted by Gasteiger charge is -2.19. The number of benzene rings is 3. The Kier molecular flexibility index (Phi) is 4.60. The van der Waals surface area contributed by atoms with Crippen LogP contribution < -0.4 is 0 Å². The molecule has 3 aromatic rings. The van der Waals surface area contributed by atoms with Gasteiger partial charge in [-0.1, -0.05) is 91.9 Å². The molecule has 0 N–H and O–H groups in total. The Hall–Kier alpha value is -2.05. The Labute approximate surface area is 137 Å². The molecule has 0 saturated heterocycles. The van der Waals surface area contributed by atoms with Crippen LogP contribution in [0.25, 0.3) is 11.1 Å². The third-order valence-electron chi connectivity index (χ3n) is 4.10. The maximum Gasteiger partial charge on any atom is 0.0651 e. The molecule has 0 fully saturated rings. The molecule has 0 aliphatic heterocycles. The van der Waals surface area contributed by atoms with Gasteiger partial charge in [0.15, 0.2) is 0 Å². The van der Waals surface area contributed by atoms with Crippen molar-refractivity contribution in [2.24, 2.45) is 0 Å². The molecule has 3 aromatic carbocycles. The smallest absolute Gasteiger partial charge is 0.0651 e. The highest BCUT2D eigenvalue weighted by atomic mass is 35.5. The summed E-state index contributed by atoms with van der Waals surface area (Å²) in [4.78, 5) is 0. The average Bonchev–Trinajstić information content (AvgIpc) is 2.62. The molecular weight excluding hydrogens is 288 g/mol. The summed E-state index contributed by atoms with van der Waals surface area (Å²) in [7, 11) is 0. The zero-order valence-electron chi connectivity index (χ0n) is 12.6. The Bertz CT molecular complexity index is 702. The Balaban J connectivity index is 1.81. The first kappa shape index (κ1) is 14.9. The Morgan fingerprint density at radius 1 is 0.591 bits per heavy atom. The largest absolute Gasteiger partial charge is 0.117 e. The number of alkyl halides is 1. The van der Waals surface area contributed by atoms with Crippen molar-refractivity contribution in [3.63, 3.8) is 0 Å². The summed E-state index contributed by atoms with van der Waals surface area (Å²) in [5.41, 5.74) is 4.92. The fourth-order valence-corrected chi connectivity index (χ4v) is 3.00. The van der Waals surface area contributed by atoms with Gasteiger partial charge in [-0.05, 0) is 22.3 Å². The zero-order valence-corrected chi connectivity index (χ0v) is 13.4. The summed E-state index contributed by atoms with van der Waals surface area (Å²) >= 11 is 6.65. The van der Waals surface area contributed by atoms with Gasteiger partial charge in [-0.3, -0.25) is 0 Å². The van der Waals surface area contributed by atoms with Crippen molar-refractivity contribution < 1.29 is 0 Å². The van der Waals surface area contributed by atoms with E-state index in [0.29, 0.717) is 0 Å². The minimum absolute atomic E-state index is 0.0104. The number of hydrogen-bond acceptors (Lipinski definition) is 0. The van der Waals surface area contributed by atoms with Crippen LogP contribution in [0.2, 0.25) is 0 Å². The second-order valence-corrected chi connectivity index (χ2v) is 6.06. The van der Waals surface area contributed by atoms with Crippen LogP contribution >= 0.6 is 11.6 Å². The van der Waals surface area contributed by atoms with E-state index >= 15 is 0 Å². The maximum absolute atomic E-state index is 6.65. The third kappa shape index (κ3) is 3.23. The summed E-state index contributed by atoms with van der Waals surface area (Å²) < 4.78 is 0.